The number of Topliss-reactive ketones (excluding diaryl/α,β-unsaturated/α-hetero) is 1. The Balaban J connectivity index is 0.00000112. The van der Waals surface area contributed by atoms with Gasteiger partial charge in [-0.25, -0.2) is 4.98 Å². The van der Waals surface area contributed by atoms with E-state index in [1.807, 2.05) is 6.92 Å². The molecule has 2 rings (SSSR count). The molecule has 0 amide bonds. The van der Waals surface area contributed by atoms with Crippen LogP contribution in [-0.2, 0) is 6.54 Å². The Labute approximate surface area is 124 Å². The number of halogens is 2. The summed E-state index contributed by atoms with van der Waals surface area (Å²) in [6.45, 7) is 4.55. The summed E-state index contributed by atoms with van der Waals surface area (Å²) in [5.41, 5.74) is 1.66. The molecule has 15 heavy (non-hydrogen) atoms. The zero-order valence-corrected chi connectivity index (χ0v) is 13.8. The van der Waals surface area contributed by atoms with Crippen LogP contribution in [0.1, 0.15) is 23.1 Å². The molecule has 0 spiro atoms. The maximum Gasteiger partial charge on any atom is 0.180 e. The van der Waals surface area contributed by atoms with Crippen molar-refractivity contribution >= 4 is 64.1 Å². The summed E-state index contributed by atoms with van der Waals surface area (Å²) in [4.78, 5) is 15.6. The van der Waals surface area contributed by atoms with E-state index < -0.39 is 0 Å². The molecule has 0 bridgehead atoms. The Morgan fingerprint density at radius 3 is 2.87 bits per heavy atom. The van der Waals surface area contributed by atoms with Crippen molar-refractivity contribution in [2.45, 2.75) is 30.8 Å². The second kappa shape index (κ2) is 5.35. The van der Waals surface area contributed by atoms with Crippen molar-refractivity contribution in [3.63, 3.8) is 0 Å². The molecule has 0 aromatic carbocycles. The molecule has 84 valence electrons. The SMILES string of the molecule is CC(=O)c1nc2n(c1C)CC(CI)S2.I. The van der Waals surface area contributed by atoms with Crippen LogP contribution in [0.2, 0.25) is 0 Å². The number of aromatic nitrogens is 2. The van der Waals surface area contributed by atoms with Crippen molar-refractivity contribution in [1.82, 2.24) is 9.55 Å². The number of rotatable bonds is 2. The first-order valence-corrected chi connectivity index (χ1v) is 6.84. The summed E-state index contributed by atoms with van der Waals surface area (Å²) in [6.07, 6.45) is 0. The fourth-order valence-electron chi connectivity index (χ4n) is 1.62. The van der Waals surface area contributed by atoms with Gasteiger partial charge in [0.25, 0.3) is 0 Å². The number of imidazole rings is 1. The maximum absolute atomic E-state index is 11.2. The molecule has 0 radical (unpaired) electrons. The van der Waals surface area contributed by atoms with E-state index in [4.69, 9.17) is 0 Å². The molecule has 1 atom stereocenters. The van der Waals surface area contributed by atoms with Gasteiger partial charge in [-0.15, -0.1) is 24.0 Å². The zero-order chi connectivity index (χ0) is 10.3. The smallest absolute Gasteiger partial charge is 0.180 e. The summed E-state index contributed by atoms with van der Waals surface area (Å²) in [5.74, 6) is 0.0658. The highest BCUT2D eigenvalue weighted by Gasteiger charge is 2.27. The first-order chi connectivity index (χ1) is 6.63. The normalized spacial score (nSPS) is 18.5. The van der Waals surface area contributed by atoms with Gasteiger partial charge in [-0.3, -0.25) is 4.79 Å². The second-order valence-electron chi connectivity index (χ2n) is 3.39. The van der Waals surface area contributed by atoms with E-state index >= 15 is 0 Å². The van der Waals surface area contributed by atoms with Gasteiger partial charge in [0.05, 0.1) is 0 Å². The van der Waals surface area contributed by atoms with Crippen LogP contribution >= 0.6 is 58.3 Å². The molecular formula is C9H12I2N2OS. The highest BCUT2D eigenvalue weighted by molar-refractivity contribution is 14.1. The fraction of sp³-hybridized carbons (Fsp3) is 0.556. The van der Waals surface area contributed by atoms with Gasteiger partial charge in [-0.1, -0.05) is 34.4 Å². The Morgan fingerprint density at radius 1 is 1.73 bits per heavy atom. The van der Waals surface area contributed by atoms with Crippen molar-refractivity contribution in [3.05, 3.63) is 11.4 Å². The van der Waals surface area contributed by atoms with Crippen molar-refractivity contribution < 1.29 is 4.79 Å². The maximum atomic E-state index is 11.2. The molecule has 3 nitrogen and oxygen atoms in total. The van der Waals surface area contributed by atoms with E-state index in [1.165, 1.54) is 0 Å². The molecule has 1 aliphatic heterocycles. The predicted octanol–water partition coefficient (Wildman–Crippen LogP) is 2.92. The highest BCUT2D eigenvalue weighted by atomic mass is 127. The first-order valence-electron chi connectivity index (χ1n) is 4.44. The molecule has 0 saturated carbocycles. The lowest BCUT2D eigenvalue weighted by Crippen LogP contribution is -2.09. The average molecular weight is 450 g/mol. The lowest BCUT2D eigenvalue weighted by atomic mass is 10.2. The van der Waals surface area contributed by atoms with Crippen LogP contribution < -0.4 is 0 Å². The van der Waals surface area contributed by atoms with Gasteiger partial charge < -0.3 is 4.57 Å². The van der Waals surface area contributed by atoms with Gasteiger partial charge >= 0.3 is 0 Å². The minimum Gasteiger partial charge on any atom is -0.322 e. The topological polar surface area (TPSA) is 34.9 Å². The number of fused-ring (bicyclic) bond motifs is 1. The van der Waals surface area contributed by atoms with Gasteiger partial charge in [0, 0.05) is 28.8 Å². The third-order valence-corrected chi connectivity index (χ3v) is 5.18. The largest absolute Gasteiger partial charge is 0.322 e. The van der Waals surface area contributed by atoms with Gasteiger partial charge in [0.1, 0.15) is 5.69 Å². The summed E-state index contributed by atoms with van der Waals surface area (Å²) in [7, 11) is 0. The van der Waals surface area contributed by atoms with Crippen LogP contribution in [0.4, 0.5) is 0 Å². The van der Waals surface area contributed by atoms with Gasteiger partial charge in [0.15, 0.2) is 10.9 Å². The molecule has 0 aliphatic carbocycles. The quantitative estimate of drug-likeness (QED) is 0.395. The Bertz CT molecular complexity index is 392. The van der Waals surface area contributed by atoms with E-state index in [-0.39, 0.29) is 29.8 Å². The summed E-state index contributed by atoms with van der Waals surface area (Å²) in [6, 6.07) is 0. The number of carbonyl (C=O) groups excluding carboxylic acids is 1. The molecule has 1 unspecified atom stereocenters. The first kappa shape index (κ1) is 13.8. The minimum absolute atomic E-state index is 0. The van der Waals surface area contributed by atoms with Crippen LogP contribution in [0, 0.1) is 6.92 Å². The summed E-state index contributed by atoms with van der Waals surface area (Å²) >= 11 is 4.17. The van der Waals surface area contributed by atoms with Crippen molar-refractivity contribution in [2.75, 3.05) is 4.43 Å². The number of carbonyl (C=O) groups is 1. The Kier molecular flexibility index (Phi) is 4.90. The van der Waals surface area contributed by atoms with Crippen molar-refractivity contribution in [1.29, 1.82) is 0 Å². The molecule has 2 heterocycles. The Hall–Kier alpha value is 0.690. The third-order valence-electron chi connectivity index (χ3n) is 2.35. The predicted molar refractivity (Wildman–Crippen MR) is 80.9 cm³/mol. The standard InChI is InChI=1S/C9H11IN2OS.HI/c1-5-8(6(2)13)11-9-12(5)4-7(3-10)14-9;/h7H,3-4H2,1-2H3;1H. The van der Waals surface area contributed by atoms with Gasteiger partial charge in [-0.05, 0) is 6.92 Å². The summed E-state index contributed by atoms with van der Waals surface area (Å²) in [5, 5.41) is 1.63. The number of ketones is 1. The third kappa shape index (κ3) is 2.51. The van der Waals surface area contributed by atoms with Gasteiger partial charge in [-0.2, -0.15) is 0 Å². The van der Waals surface area contributed by atoms with Crippen LogP contribution in [0.15, 0.2) is 5.16 Å². The van der Waals surface area contributed by atoms with E-state index in [0.29, 0.717) is 10.9 Å². The van der Waals surface area contributed by atoms with E-state index in [0.717, 1.165) is 21.8 Å². The number of alkyl halides is 1. The second-order valence-corrected chi connectivity index (χ2v) is 5.54. The minimum atomic E-state index is 0. The fourth-order valence-corrected chi connectivity index (χ4v) is 3.50. The van der Waals surface area contributed by atoms with Crippen molar-refractivity contribution in [3.8, 4) is 0 Å². The molecule has 1 aromatic heterocycles. The van der Waals surface area contributed by atoms with Crippen LogP contribution in [0.5, 0.6) is 0 Å². The molecule has 0 fully saturated rings. The van der Waals surface area contributed by atoms with Crippen LogP contribution in [-0.4, -0.2) is 25.0 Å². The van der Waals surface area contributed by atoms with Gasteiger partial charge in [0.2, 0.25) is 0 Å². The molecular weight excluding hydrogens is 438 g/mol. The number of hydrogen-bond donors (Lipinski definition) is 0. The van der Waals surface area contributed by atoms with Crippen molar-refractivity contribution in [2.24, 2.45) is 0 Å². The Morgan fingerprint density at radius 2 is 2.40 bits per heavy atom. The number of nitrogens with zero attached hydrogens (tertiary/aromatic N) is 2. The van der Waals surface area contributed by atoms with E-state index in [1.54, 1.807) is 18.7 Å². The molecule has 1 aromatic rings. The van der Waals surface area contributed by atoms with E-state index in [9.17, 15) is 4.79 Å². The molecule has 1 aliphatic rings. The summed E-state index contributed by atoms with van der Waals surface area (Å²) < 4.78 is 3.28. The zero-order valence-electron chi connectivity index (χ0n) is 8.49. The van der Waals surface area contributed by atoms with Crippen LogP contribution in [0.3, 0.4) is 0 Å². The number of hydrogen-bond acceptors (Lipinski definition) is 3. The molecule has 0 saturated heterocycles. The average Bonchev–Trinajstić information content (AvgIpc) is 2.65. The monoisotopic (exact) mass is 450 g/mol. The van der Waals surface area contributed by atoms with Crippen LogP contribution in [0.25, 0.3) is 0 Å². The lowest BCUT2D eigenvalue weighted by molar-refractivity contribution is 0.101. The highest BCUT2D eigenvalue weighted by Crippen LogP contribution is 2.34. The van der Waals surface area contributed by atoms with E-state index in [2.05, 4.69) is 32.1 Å². The molecule has 0 N–H and O–H groups in total. The molecule has 6 heteroatoms. The lowest BCUT2D eigenvalue weighted by Gasteiger charge is -2.03. The number of thioether (sulfide) groups is 1.